The second kappa shape index (κ2) is 5.29. The molecule has 14 heavy (non-hydrogen) atoms. The fourth-order valence-electron chi connectivity index (χ4n) is 0.877. The molecule has 4 nitrogen and oxygen atoms in total. The zero-order chi connectivity index (χ0) is 10.4. The Kier molecular flexibility index (Phi) is 4.00. The predicted molar refractivity (Wildman–Crippen MR) is 58.0 cm³/mol. The highest BCUT2D eigenvalue weighted by Crippen LogP contribution is 1.94. The third-order valence-corrected chi connectivity index (χ3v) is 1.73. The van der Waals surface area contributed by atoms with Crippen molar-refractivity contribution in [2.75, 3.05) is 6.54 Å². The minimum Gasteiger partial charge on any atom is -0.363 e. The zero-order valence-electron chi connectivity index (χ0n) is 7.78. The van der Waals surface area contributed by atoms with Crippen LogP contribution in [0.15, 0.2) is 24.5 Å². The van der Waals surface area contributed by atoms with Gasteiger partial charge in [-0.2, -0.15) is 0 Å². The number of pyridine rings is 1. The van der Waals surface area contributed by atoms with Gasteiger partial charge < -0.3 is 5.32 Å². The first-order valence-corrected chi connectivity index (χ1v) is 4.64. The molecule has 1 amide bonds. The summed E-state index contributed by atoms with van der Waals surface area (Å²) < 4.78 is 0. The zero-order valence-corrected chi connectivity index (χ0v) is 8.60. The van der Waals surface area contributed by atoms with E-state index in [0.717, 1.165) is 0 Å². The van der Waals surface area contributed by atoms with Crippen LogP contribution in [-0.4, -0.2) is 22.5 Å². The molecule has 74 valence electrons. The van der Waals surface area contributed by atoms with Crippen molar-refractivity contribution in [2.45, 2.75) is 6.92 Å². The normalized spacial score (nSPS) is 9.21. The first-order chi connectivity index (χ1) is 6.74. The van der Waals surface area contributed by atoms with Crippen LogP contribution in [0, 0.1) is 0 Å². The second-order valence-corrected chi connectivity index (χ2v) is 2.96. The first kappa shape index (κ1) is 10.6. The van der Waals surface area contributed by atoms with E-state index in [1.165, 1.54) is 6.20 Å². The molecular weight excluding hydrogens is 198 g/mol. The van der Waals surface area contributed by atoms with E-state index in [-0.39, 0.29) is 5.91 Å². The fourth-order valence-corrected chi connectivity index (χ4v) is 1.11. The summed E-state index contributed by atoms with van der Waals surface area (Å²) in [6, 6.07) is 3.38. The van der Waals surface area contributed by atoms with Gasteiger partial charge in [-0.15, -0.1) is 0 Å². The summed E-state index contributed by atoms with van der Waals surface area (Å²) in [4.78, 5) is 15.3. The molecule has 1 aromatic rings. The van der Waals surface area contributed by atoms with E-state index in [9.17, 15) is 4.79 Å². The number of rotatable bonds is 2. The Morgan fingerprint density at radius 3 is 3.00 bits per heavy atom. The van der Waals surface area contributed by atoms with Crippen LogP contribution in [-0.2, 0) is 0 Å². The summed E-state index contributed by atoms with van der Waals surface area (Å²) >= 11 is 4.87. The van der Waals surface area contributed by atoms with E-state index in [0.29, 0.717) is 17.2 Å². The molecule has 0 unspecified atom stereocenters. The monoisotopic (exact) mass is 209 g/mol. The van der Waals surface area contributed by atoms with Crippen molar-refractivity contribution in [1.82, 2.24) is 15.6 Å². The van der Waals surface area contributed by atoms with Crippen molar-refractivity contribution in [3.8, 4) is 0 Å². The van der Waals surface area contributed by atoms with E-state index < -0.39 is 0 Å². The topological polar surface area (TPSA) is 54.0 Å². The van der Waals surface area contributed by atoms with Gasteiger partial charge in [-0.1, -0.05) is 0 Å². The lowest BCUT2D eigenvalue weighted by atomic mass is 10.3. The Hall–Kier alpha value is -1.49. The van der Waals surface area contributed by atoms with Crippen molar-refractivity contribution in [1.29, 1.82) is 0 Å². The Morgan fingerprint density at radius 1 is 1.64 bits per heavy atom. The number of aromatic nitrogens is 1. The minimum absolute atomic E-state index is 0.246. The van der Waals surface area contributed by atoms with E-state index in [1.807, 2.05) is 6.92 Å². The molecule has 1 aromatic heterocycles. The molecule has 0 spiro atoms. The lowest BCUT2D eigenvalue weighted by molar-refractivity contribution is 0.0976. The standard InChI is InChI=1S/C9H11N3OS/c1-2-11-9(14)12-8(13)7-4-3-5-10-6-7/h3-6H,2H2,1H3,(H2,11,12,13,14). The van der Waals surface area contributed by atoms with Crippen LogP contribution in [0.3, 0.4) is 0 Å². The van der Waals surface area contributed by atoms with Crippen LogP contribution in [0.25, 0.3) is 0 Å². The lowest BCUT2D eigenvalue weighted by Crippen LogP contribution is -2.39. The molecule has 0 fully saturated rings. The van der Waals surface area contributed by atoms with Crippen LogP contribution in [0.4, 0.5) is 0 Å². The number of thiocarbonyl (C=S) groups is 1. The molecular formula is C9H11N3OS. The average Bonchev–Trinajstić information content (AvgIpc) is 2.19. The Labute approximate surface area is 87.7 Å². The molecule has 0 atom stereocenters. The van der Waals surface area contributed by atoms with Gasteiger partial charge in [-0.3, -0.25) is 15.1 Å². The number of amides is 1. The third-order valence-electron chi connectivity index (χ3n) is 1.49. The number of nitrogens with one attached hydrogen (secondary N) is 2. The highest BCUT2D eigenvalue weighted by Gasteiger charge is 2.05. The van der Waals surface area contributed by atoms with Gasteiger partial charge in [0.25, 0.3) is 5.91 Å². The summed E-state index contributed by atoms with van der Waals surface area (Å²) in [5.41, 5.74) is 0.493. The molecule has 0 aliphatic heterocycles. The van der Waals surface area contributed by atoms with E-state index in [4.69, 9.17) is 12.2 Å². The Balaban J connectivity index is 2.55. The predicted octanol–water partition coefficient (Wildman–Crippen LogP) is 0.706. The molecule has 1 rings (SSSR count). The maximum Gasteiger partial charge on any atom is 0.258 e. The van der Waals surface area contributed by atoms with Crippen molar-refractivity contribution in [3.63, 3.8) is 0 Å². The molecule has 0 aromatic carbocycles. The number of hydrogen-bond donors (Lipinski definition) is 2. The summed E-state index contributed by atoms with van der Waals surface area (Å²) in [6.07, 6.45) is 3.10. The maximum absolute atomic E-state index is 11.5. The molecule has 0 saturated carbocycles. The number of hydrogen-bond acceptors (Lipinski definition) is 3. The van der Waals surface area contributed by atoms with Gasteiger partial charge in [0.15, 0.2) is 5.11 Å². The SMILES string of the molecule is CCNC(=S)NC(=O)c1cccnc1. The van der Waals surface area contributed by atoms with Crippen molar-refractivity contribution in [3.05, 3.63) is 30.1 Å². The molecule has 1 heterocycles. The highest BCUT2D eigenvalue weighted by molar-refractivity contribution is 7.80. The van der Waals surface area contributed by atoms with Crippen molar-refractivity contribution >= 4 is 23.2 Å². The van der Waals surface area contributed by atoms with E-state index in [2.05, 4.69) is 15.6 Å². The summed E-state index contributed by atoms with van der Waals surface area (Å²) in [5.74, 6) is -0.246. The molecule has 0 saturated heterocycles. The van der Waals surface area contributed by atoms with Crippen molar-refractivity contribution in [2.24, 2.45) is 0 Å². The largest absolute Gasteiger partial charge is 0.363 e. The van der Waals surface area contributed by atoms with Gasteiger partial charge >= 0.3 is 0 Å². The highest BCUT2D eigenvalue weighted by atomic mass is 32.1. The second-order valence-electron chi connectivity index (χ2n) is 2.56. The van der Waals surface area contributed by atoms with Gasteiger partial charge in [0.05, 0.1) is 5.56 Å². The number of carbonyl (C=O) groups is 1. The molecule has 0 radical (unpaired) electrons. The van der Waals surface area contributed by atoms with Crippen LogP contribution in [0.5, 0.6) is 0 Å². The van der Waals surface area contributed by atoms with E-state index >= 15 is 0 Å². The maximum atomic E-state index is 11.5. The summed E-state index contributed by atoms with van der Waals surface area (Å²) in [5, 5.41) is 5.70. The van der Waals surface area contributed by atoms with Crippen LogP contribution in [0.2, 0.25) is 0 Å². The van der Waals surface area contributed by atoms with Gasteiger partial charge in [-0.25, -0.2) is 0 Å². The van der Waals surface area contributed by atoms with Gasteiger partial charge in [0.2, 0.25) is 0 Å². The van der Waals surface area contributed by atoms with Crippen LogP contribution in [0.1, 0.15) is 17.3 Å². The Morgan fingerprint density at radius 2 is 2.43 bits per heavy atom. The van der Waals surface area contributed by atoms with E-state index in [1.54, 1.807) is 18.3 Å². The smallest absolute Gasteiger partial charge is 0.258 e. The average molecular weight is 209 g/mol. The van der Waals surface area contributed by atoms with Gasteiger partial charge in [0, 0.05) is 18.9 Å². The molecule has 0 aliphatic rings. The molecule has 2 N–H and O–H groups in total. The lowest BCUT2D eigenvalue weighted by Gasteiger charge is -2.06. The fraction of sp³-hybridized carbons (Fsp3) is 0.222. The van der Waals surface area contributed by atoms with Crippen LogP contribution >= 0.6 is 12.2 Å². The molecule has 0 aliphatic carbocycles. The number of nitrogens with zero attached hydrogens (tertiary/aromatic N) is 1. The first-order valence-electron chi connectivity index (χ1n) is 4.23. The molecule has 5 heteroatoms. The van der Waals surface area contributed by atoms with Gasteiger partial charge in [-0.05, 0) is 31.3 Å². The van der Waals surface area contributed by atoms with Gasteiger partial charge in [0.1, 0.15) is 0 Å². The minimum atomic E-state index is -0.246. The quantitative estimate of drug-likeness (QED) is 0.704. The Bertz CT molecular complexity index is 326. The number of carbonyl (C=O) groups excluding carboxylic acids is 1. The summed E-state index contributed by atoms with van der Waals surface area (Å²) in [7, 11) is 0. The van der Waals surface area contributed by atoms with Crippen LogP contribution < -0.4 is 10.6 Å². The molecule has 0 bridgehead atoms. The van der Waals surface area contributed by atoms with Crippen molar-refractivity contribution < 1.29 is 4.79 Å². The summed E-state index contributed by atoms with van der Waals surface area (Å²) in [6.45, 7) is 2.59. The third kappa shape index (κ3) is 3.10.